The molecule has 0 bridgehead atoms. The molecule has 0 aliphatic rings. The molecule has 0 atom stereocenters. The number of carbonyl (C=O) groups is 1. The Hall–Kier alpha value is -2.83. The molecule has 4 rings (SSSR count). The zero-order valence-corrected chi connectivity index (χ0v) is 21.5. The molecule has 0 saturated carbocycles. The highest BCUT2D eigenvalue weighted by molar-refractivity contribution is 9.10. The minimum atomic E-state index is -0.328. The topological polar surface area (TPSA) is 40.5 Å². The number of nitrogens with zero attached hydrogens (tertiary/aromatic N) is 1. The first kappa shape index (κ1) is 23.3. The van der Waals surface area contributed by atoms with E-state index in [0.717, 1.165) is 42.9 Å². The van der Waals surface area contributed by atoms with E-state index in [2.05, 4.69) is 54.6 Å². The van der Waals surface area contributed by atoms with Crippen molar-refractivity contribution in [2.75, 3.05) is 6.61 Å². The molecule has 6 heteroatoms. The monoisotopic (exact) mass is 567 g/mol. The normalized spacial score (nSPS) is 10.8. The van der Waals surface area contributed by atoms with Crippen LogP contribution in [0.3, 0.4) is 0 Å². The molecule has 0 aliphatic heterocycles. The maximum atomic E-state index is 12.3. The highest BCUT2D eigenvalue weighted by Gasteiger charge is 2.16. The summed E-state index contributed by atoms with van der Waals surface area (Å²) in [6.45, 7) is 4.63. The summed E-state index contributed by atoms with van der Waals surface area (Å²) in [5.74, 6) is 0.445. The lowest BCUT2D eigenvalue weighted by Gasteiger charge is -2.17. The molecule has 0 unspecified atom stereocenters. The van der Waals surface area contributed by atoms with Gasteiger partial charge < -0.3 is 14.0 Å². The second-order valence-electron chi connectivity index (χ2n) is 7.49. The van der Waals surface area contributed by atoms with Gasteiger partial charge in [0.05, 0.1) is 17.9 Å². The van der Waals surface area contributed by atoms with Crippen LogP contribution in [0.1, 0.15) is 28.5 Å². The molecular weight excluding hydrogens is 546 g/mol. The maximum absolute atomic E-state index is 12.3. The van der Waals surface area contributed by atoms with Crippen molar-refractivity contribution in [1.82, 2.24) is 4.57 Å². The van der Waals surface area contributed by atoms with Gasteiger partial charge in [0.25, 0.3) is 0 Å². The molecule has 0 fully saturated rings. The Balaban J connectivity index is 1.74. The van der Waals surface area contributed by atoms with Crippen LogP contribution in [0.15, 0.2) is 87.8 Å². The van der Waals surface area contributed by atoms with E-state index in [4.69, 9.17) is 9.47 Å². The van der Waals surface area contributed by atoms with Crippen molar-refractivity contribution >= 4 is 37.8 Å². The number of aryl methyl sites for hydroxylation is 1. The summed E-state index contributed by atoms with van der Waals surface area (Å²) in [6, 6.07) is 25.6. The fourth-order valence-corrected chi connectivity index (χ4v) is 4.44. The van der Waals surface area contributed by atoms with Gasteiger partial charge >= 0.3 is 5.97 Å². The largest absolute Gasteiger partial charge is 0.488 e. The lowest BCUT2D eigenvalue weighted by Crippen LogP contribution is -2.07. The summed E-state index contributed by atoms with van der Waals surface area (Å²) in [5, 5.41) is 0. The molecule has 33 heavy (non-hydrogen) atoms. The minimum Gasteiger partial charge on any atom is -0.488 e. The van der Waals surface area contributed by atoms with Gasteiger partial charge in [-0.15, -0.1) is 0 Å². The number of ether oxygens (including phenoxy) is 2. The van der Waals surface area contributed by atoms with Crippen LogP contribution in [0, 0.1) is 6.92 Å². The Morgan fingerprint density at radius 3 is 2.55 bits per heavy atom. The molecule has 0 aliphatic carbocycles. The number of hydrogen-bond acceptors (Lipinski definition) is 3. The van der Waals surface area contributed by atoms with Crippen LogP contribution in [0.25, 0.3) is 16.9 Å². The molecule has 4 nitrogen and oxygen atoms in total. The predicted molar refractivity (Wildman–Crippen MR) is 138 cm³/mol. The Kier molecular flexibility index (Phi) is 7.36. The van der Waals surface area contributed by atoms with Crippen LogP contribution in [-0.4, -0.2) is 17.1 Å². The summed E-state index contributed by atoms with van der Waals surface area (Å²) in [6.07, 6.45) is 0. The third-order valence-electron chi connectivity index (χ3n) is 5.25. The second kappa shape index (κ2) is 10.4. The van der Waals surface area contributed by atoms with Crippen molar-refractivity contribution in [3.05, 3.63) is 105 Å². The van der Waals surface area contributed by atoms with Crippen LogP contribution in [0.4, 0.5) is 0 Å². The van der Waals surface area contributed by atoms with Crippen LogP contribution < -0.4 is 4.74 Å². The third kappa shape index (κ3) is 5.23. The van der Waals surface area contributed by atoms with E-state index in [-0.39, 0.29) is 5.97 Å². The number of esters is 1. The van der Waals surface area contributed by atoms with Gasteiger partial charge in [-0.25, -0.2) is 4.79 Å². The Morgan fingerprint density at radius 1 is 0.939 bits per heavy atom. The van der Waals surface area contributed by atoms with Crippen molar-refractivity contribution in [2.45, 2.75) is 20.5 Å². The number of halogens is 2. The lowest BCUT2D eigenvalue weighted by atomic mass is 10.1. The van der Waals surface area contributed by atoms with Crippen molar-refractivity contribution in [2.24, 2.45) is 0 Å². The zero-order chi connectivity index (χ0) is 23.4. The van der Waals surface area contributed by atoms with E-state index >= 15 is 0 Å². The molecule has 0 saturated heterocycles. The minimum absolute atomic E-state index is 0.328. The fourth-order valence-electron chi connectivity index (χ4n) is 3.68. The van der Waals surface area contributed by atoms with Crippen LogP contribution >= 0.6 is 31.9 Å². The van der Waals surface area contributed by atoms with Gasteiger partial charge in [-0.2, -0.15) is 0 Å². The number of benzene rings is 3. The number of rotatable bonds is 7. The lowest BCUT2D eigenvalue weighted by molar-refractivity contribution is 0.0526. The van der Waals surface area contributed by atoms with Gasteiger partial charge in [-0.1, -0.05) is 56.1 Å². The first-order valence-corrected chi connectivity index (χ1v) is 12.2. The molecule has 4 aromatic rings. The van der Waals surface area contributed by atoms with Gasteiger partial charge in [0.1, 0.15) is 12.4 Å². The van der Waals surface area contributed by atoms with Gasteiger partial charge in [-0.05, 0) is 68.4 Å². The number of aromatic nitrogens is 1. The standard InChI is InChI=1S/C27H23Br2NO3/c1-3-32-27(31)19-8-6-9-22(15-19)30-18(2)11-13-25(30)23-16-21(28)12-14-26(23)33-17-20-7-4-5-10-24(20)29/h4-16H,3,17H2,1-2H3. The molecule has 1 aromatic heterocycles. The number of hydrogen-bond donors (Lipinski definition) is 0. The molecule has 168 valence electrons. The van der Waals surface area contributed by atoms with Crippen molar-refractivity contribution in [3.8, 4) is 22.7 Å². The molecule has 0 amide bonds. The van der Waals surface area contributed by atoms with E-state index in [9.17, 15) is 4.79 Å². The molecular formula is C27H23Br2NO3. The SMILES string of the molecule is CCOC(=O)c1cccc(-n2c(C)ccc2-c2cc(Br)ccc2OCc2ccccc2Br)c1. The van der Waals surface area contributed by atoms with E-state index in [1.54, 1.807) is 13.0 Å². The van der Waals surface area contributed by atoms with E-state index < -0.39 is 0 Å². The van der Waals surface area contributed by atoms with E-state index in [0.29, 0.717) is 18.8 Å². The van der Waals surface area contributed by atoms with Crippen molar-refractivity contribution in [1.29, 1.82) is 0 Å². The molecule has 3 aromatic carbocycles. The summed E-state index contributed by atoms with van der Waals surface area (Å²) in [7, 11) is 0. The summed E-state index contributed by atoms with van der Waals surface area (Å²) < 4.78 is 15.5. The first-order valence-electron chi connectivity index (χ1n) is 10.6. The Morgan fingerprint density at radius 2 is 1.76 bits per heavy atom. The van der Waals surface area contributed by atoms with Gasteiger partial charge in [-0.3, -0.25) is 0 Å². The van der Waals surface area contributed by atoms with E-state index in [1.807, 2.05) is 61.5 Å². The molecule has 0 N–H and O–H groups in total. The second-order valence-corrected chi connectivity index (χ2v) is 9.26. The van der Waals surface area contributed by atoms with Crippen molar-refractivity contribution in [3.63, 3.8) is 0 Å². The zero-order valence-electron chi connectivity index (χ0n) is 18.3. The average molecular weight is 569 g/mol. The molecule has 1 heterocycles. The predicted octanol–water partition coefficient (Wildman–Crippen LogP) is 7.73. The van der Waals surface area contributed by atoms with Crippen molar-refractivity contribution < 1.29 is 14.3 Å². The van der Waals surface area contributed by atoms with Gasteiger partial charge in [0.2, 0.25) is 0 Å². The summed E-state index contributed by atoms with van der Waals surface area (Å²) >= 11 is 7.19. The maximum Gasteiger partial charge on any atom is 0.338 e. The fraction of sp³-hybridized carbons (Fsp3) is 0.148. The van der Waals surface area contributed by atoms with Crippen LogP contribution in [0.5, 0.6) is 5.75 Å². The average Bonchev–Trinajstić information content (AvgIpc) is 3.20. The first-order chi connectivity index (χ1) is 16.0. The Bertz CT molecular complexity index is 1300. The Labute approximate surface area is 210 Å². The molecule has 0 spiro atoms. The quantitative estimate of drug-likeness (QED) is 0.214. The van der Waals surface area contributed by atoms with Gasteiger partial charge in [0.15, 0.2) is 0 Å². The van der Waals surface area contributed by atoms with Gasteiger partial charge in [0, 0.05) is 31.5 Å². The van der Waals surface area contributed by atoms with Crippen LogP contribution in [-0.2, 0) is 11.3 Å². The molecule has 0 radical (unpaired) electrons. The highest BCUT2D eigenvalue weighted by Crippen LogP contribution is 2.36. The van der Waals surface area contributed by atoms with Crippen LogP contribution in [0.2, 0.25) is 0 Å². The van der Waals surface area contributed by atoms with E-state index in [1.165, 1.54) is 0 Å². The smallest absolute Gasteiger partial charge is 0.338 e. The summed E-state index contributed by atoms with van der Waals surface area (Å²) in [5.41, 5.74) is 5.44. The third-order valence-corrected chi connectivity index (χ3v) is 6.52. The number of carbonyl (C=O) groups excluding carboxylic acids is 1. The summed E-state index contributed by atoms with van der Waals surface area (Å²) in [4.78, 5) is 12.3. The highest BCUT2D eigenvalue weighted by atomic mass is 79.9.